The molecule has 0 spiro atoms. The van der Waals surface area contributed by atoms with Crippen LogP contribution in [0.15, 0.2) is 16.8 Å². The first-order chi connectivity index (χ1) is 6.86. The van der Waals surface area contributed by atoms with E-state index in [1.165, 1.54) is 5.56 Å². The maximum atomic E-state index is 8.88. The molecule has 2 nitrogen and oxygen atoms in total. The summed E-state index contributed by atoms with van der Waals surface area (Å²) in [6.07, 6.45) is 2.26. The van der Waals surface area contributed by atoms with Crippen molar-refractivity contribution in [3.63, 3.8) is 0 Å². The minimum absolute atomic E-state index is 0.267. The Balaban J connectivity index is 2.25. The number of hydrogen-bond acceptors (Lipinski definition) is 3. The molecule has 0 fully saturated rings. The summed E-state index contributed by atoms with van der Waals surface area (Å²) < 4.78 is 0. The lowest BCUT2D eigenvalue weighted by molar-refractivity contribution is 0.197. The fourth-order valence-electron chi connectivity index (χ4n) is 1.52. The smallest absolute Gasteiger partial charge is 0.0558 e. The molecule has 0 unspecified atom stereocenters. The van der Waals surface area contributed by atoms with Crippen LogP contribution in [0.5, 0.6) is 0 Å². The van der Waals surface area contributed by atoms with E-state index in [1.807, 2.05) is 0 Å². The highest BCUT2D eigenvalue weighted by Gasteiger charge is 2.03. The lowest BCUT2D eigenvalue weighted by Gasteiger charge is -2.19. The summed E-state index contributed by atoms with van der Waals surface area (Å²) in [7, 11) is 0. The molecule has 14 heavy (non-hydrogen) atoms. The van der Waals surface area contributed by atoms with E-state index in [1.54, 1.807) is 11.3 Å². The SMILES string of the molecule is CCCN(CCO)CCc1ccsc1. The molecule has 1 rings (SSSR count). The molecule has 0 aliphatic carbocycles. The third kappa shape index (κ3) is 4.22. The van der Waals surface area contributed by atoms with Gasteiger partial charge >= 0.3 is 0 Å². The molecule has 80 valence electrons. The third-order valence-electron chi connectivity index (χ3n) is 2.25. The summed E-state index contributed by atoms with van der Waals surface area (Å²) in [6, 6.07) is 2.17. The Morgan fingerprint density at radius 3 is 2.79 bits per heavy atom. The van der Waals surface area contributed by atoms with Crippen LogP contribution in [-0.4, -0.2) is 36.2 Å². The fraction of sp³-hybridized carbons (Fsp3) is 0.636. The quantitative estimate of drug-likeness (QED) is 0.749. The van der Waals surface area contributed by atoms with Crippen molar-refractivity contribution >= 4 is 11.3 Å². The molecular weight excluding hydrogens is 194 g/mol. The second kappa shape index (κ2) is 6.98. The topological polar surface area (TPSA) is 23.5 Å². The normalized spacial score (nSPS) is 11.1. The van der Waals surface area contributed by atoms with Gasteiger partial charge in [-0.05, 0) is 41.8 Å². The van der Waals surface area contributed by atoms with Crippen molar-refractivity contribution in [3.8, 4) is 0 Å². The lowest BCUT2D eigenvalue weighted by atomic mass is 10.2. The highest BCUT2D eigenvalue weighted by molar-refractivity contribution is 7.07. The summed E-state index contributed by atoms with van der Waals surface area (Å²) in [5, 5.41) is 13.2. The maximum Gasteiger partial charge on any atom is 0.0558 e. The zero-order valence-corrected chi connectivity index (χ0v) is 9.59. The van der Waals surface area contributed by atoms with Gasteiger partial charge in [0.2, 0.25) is 0 Å². The number of aliphatic hydroxyl groups is 1. The van der Waals surface area contributed by atoms with Crippen LogP contribution in [0.1, 0.15) is 18.9 Å². The van der Waals surface area contributed by atoms with Gasteiger partial charge in [-0.2, -0.15) is 11.3 Å². The molecule has 0 saturated heterocycles. The van der Waals surface area contributed by atoms with E-state index in [-0.39, 0.29) is 6.61 Å². The summed E-state index contributed by atoms with van der Waals surface area (Å²) in [5.74, 6) is 0. The average molecular weight is 213 g/mol. The van der Waals surface area contributed by atoms with Crippen LogP contribution in [0, 0.1) is 0 Å². The van der Waals surface area contributed by atoms with Crippen LogP contribution in [0.3, 0.4) is 0 Å². The average Bonchev–Trinajstić information content (AvgIpc) is 2.67. The first kappa shape index (κ1) is 11.7. The van der Waals surface area contributed by atoms with Crippen molar-refractivity contribution in [3.05, 3.63) is 22.4 Å². The van der Waals surface area contributed by atoms with Gasteiger partial charge in [0, 0.05) is 13.1 Å². The van der Waals surface area contributed by atoms with E-state index in [4.69, 9.17) is 5.11 Å². The molecule has 3 heteroatoms. The van der Waals surface area contributed by atoms with E-state index in [0.717, 1.165) is 32.5 Å². The molecule has 0 aliphatic heterocycles. The van der Waals surface area contributed by atoms with Gasteiger partial charge in [0.15, 0.2) is 0 Å². The molecule has 0 aromatic carbocycles. The molecule has 0 saturated carbocycles. The fourth-order valence-corrected chi connectivity index (χ4v) is 2.22. The Hall–Kier alpha value is -0.380. The van der Waals surface area contributed by atoms with Gasteiger partial charge in [-0.1, -0.05) is 6.92 Å². The number of nitrogens with zero attached hydrogens (tertiary/aromatic N) is 1. The molecule has 1 N–H and O–H groups in total. The van der Waals surface area contributed by atoms with Gasteiger partial charge < -0.3 is 10.0 Å². The molecule has 0 aliphatic rings. The van der Waals surface area contributed by atoms with Crippen LogP contribution in [0.25, 0.3) is 0 Å². The van der Waals surface area contributed by atoms with Crippen molar-refractivity contribution in [2.75, 3.05) is 26.2 Å². The van der Waals surface area contributed by atoms with E-state index < -0.39 is 0 Å². The summed E-state index contributed by atoms with van der Waals surface area (Å²) in [5.41, 5.74) is 1.41. The van der Waals surface area contributed by atoms with Gasteiger partial charge in [0.05, 0.1) is 6.61 Å². The predicted molar refractivity (Wildman–Crippen MR) is 61.8 cm³/mol. The molecular formula is C11H19NOS. The molecule has 0 radical (unpaired) electrons. The van der Waals surface area contributed by atoms with E-state index in [9.17, 15) is 0 Å². The number of hydrogen-bond donors (Lipinski definition) is 1. The van der Waals surface area contributed by atoms with E-state index >= 15 is 0 Å². The molecule has 0 atom stereocenters. The van der Waals surface area contributed by atoms with Crippen LogP contribution < -0.4 is 0 Å². The Labute approximate surface area is 90.2 Å². The monoisotopic (exact) mass is 213 g/mol. The van der Waals surface area contributed by atoms with Crippen molar-refractivity contribution < 1.29 is 5.11 Å². The van der Waals surface area contributed by atoms with Gasteiger partial charge in [-0.15, -0.1) is 0 Å². The van der Waals surface area contributed by atoms with Crippen LogP contribution in [0.4, 0.5) is 0 Å². The largest absolute Gasteiger partial charge is 0.395 e. The zero-order valence-electron chi connectivity index (χ0n) is 8.78. The lowest BCUT2D eigenvalue weighted by Crippen LogP contribution is -2.29. The van der Waals surface area contributed by atoms with Crippen molar-refractivity contribution in [2.45, 2.75) is 19.8 Å². The summed E-state index contributed by atoms with van der Waals surface area (Å²) in [6.45, 7) is 5.40. The Morgan fingerprint density at radius 1 is 1.36 bits per heavy atom. The Kier molecular flexibility index (Phi) is 5.83. The predicted octanol–water partition coefficient (Wildman–Crippen LogP) is 1.99. The molecule has 1 aromatic rings. The van der Waals surface area contributed by atoms with Gasteiger partial charge in [-0.25, -0.2) is 0 Å². The number of thiophene rings is 1. The van der Waals surface area contributed by atoms with Crippen molar-refractivity contribution in [1.29, 1.82) is 0 Å². The standard InChI is InChI=1S/C11H19NOS/c1-2-5-12(7-8-13)6-3-11-4-9-14-10-11/h4,9-10,13H,2-3,5-8H2,1H3. The third-order valence-corrected chi connectivity index (χ3v) is 2.98. The van der Waals surface area contributed by atoms with Gasteiger partial charge in [-0.3, -0.25) is 0 Å². The highest BCUT2D eigenvalue weighted by Crippen LogP contribution is 2.07. The maximum absolute atomic E-state index is 8.88. The molecule has 1 aromatic heterocycles. The summed E-state index contributed by atoms with van der Waals surface area (Å²) in [4.78, 5) is 2.32. The van der Waals surface area contributed by atoms with Crippen molar-refractivity contribution in [1.82, 2.24) is 4.90 Å². The second-order valence-corrected chi connectivity index (χ2v) is 4.23. The highest BCUT2D eigenvalue weighted by atomic mass is 32.1. The first-order valence-electron chi connectivity index (χ1n) is 5.21. The molecule has 0 amide bonds. The summed E-state index contributed by atoms with van der Waals surface area (Å²) >= 11 is 1.75. The van der Waals surface area contributed by atoms with Crippen LogP contribution in [-0.2, 0) is 6.42 Å². The second-order valence-electron chi connectivity index (χ2n) is 3.45. The minimum Gasteiger partial charge on any atom is -0.395 e. The van der Waals surface area contributed by atoms with Crippen LogP contribution >= 0.6 is 11.3 Å². The Morgan fingerprint density at radius 2 is 2.21 bits per heavy atom. The van der Waals surface area contributed by atoms with Crippen LogP contribution in [0.2, 0.25) is 0 Å². The number of aliphatic hydroxyl groups excluding tert-OH is 1. The first-order valence-corrected chi connectivity index (χ1v) is 6.15. The zero-order chi connectivity index (χ0) is 10.2. The van der Waals surface area contributed by atoms with Gasteiger partial charge in [0.1, 0.15) is 0 Å². The van der Waals surface area contributed by atoms with E-state index in [2.05, 4.69) is 28.7 Å². The number of rotatable bonds is 7. The minimum atomic E-state index is 0.267. The Bertz CT molecular complexity index is 217. The van der Waals surface area contributed by atoms with E-state index in [0.29, 0.717) is 0 Å². The molecule has 1 heterocycles. The molecule has 0 bridgehead atoms. The van der Waals surface area contributed by atoms with Gasteiger partial charge in [0.25, 0.3) is 0 Å². The van der Waals surface area contributed by atoms with Crippen molar-refractivity contribution in [2.24, 2.45) is 0 Å².